The Bertz CT molecular complexity index is 447. The molecule has 0 aliphatic heterocycles. The van der Waals surface area contributed by atoms with Gasteiger partial charge in [-0.25, -0.2) is 0 Å². The third-order valence-corrected chi connectivity index (χ3v) is 3.05. The van der Waals surface area contributed by atoms with Crippen LogP contribution >= 0.6 is 22.9 Å². The first-order valence-corrected chi connectivity index (χ1v) is 5.53. The van der Waals surface area contributed by atoms with Crippen LogP contribution in [0.2, 0.25) is 4.34 Å². The Kier molecular flexibility index (Phi) is 2.48. The Morgan fingerprint density at radius 3 is 2.93 bits per heavy atom. The molecule has 0 unspecified atom stereocenters. The zero-order valence-electron chi connectivity index (χ0n) is 7.70. The van der Waals surface area contributed by atoms with Gasteiger partial charge in [0, 0.05) is 23.7 Å². The molecule has 0 amide bonds. The average Bonchev–Trinajstić information content (AvgIpc) is 2.71. The normalized spacial score (nSPS) is 10.7. The lowest BCUT2D eigenvalue weighted by molar-refractivity contribution is 0.662. The maximum absolute atomic E-state index is 5.85. The highest BCUT2D eigenvalue weighted by molar-refractivity contribution is 7.14. The van der Waals surface area contributed by atoms with Crippen molar-refractivity contribution in [3.8, 4) is 11.3 Å². The van der Waals surface area contributed by atoms with E-state index in [0.29, 0.717) is 5.69 Å². The molecule has 2 heterocycles. The number of hydrogen-bond donors (Lipinski definition) is 1. The van der Waals surface area contributed by atoms with Gasteiger partial charge in [0.15, 0.2) is 0 Å². The van der Waals surface area contributed by atoms with E-state index in [0.717, 1.165) is 22.1 Å². The fourth-order valence-electron chi connectivity index (χ4n) is 1.26. The number of rotatable bonds is 2. The molecule has 0 aromatic carbocycles. The van der Waals surface area contributed by atoms with E-state index in [4.69, 9.17) is 17.3 Å². The minimum atomic E-state index is 0.696. The molecule has 0 spiro atoms. The molecule has 3 nitrogen and oxygen atoms in total. The van der Waals surface area contributed by atoms with E-state index in [1.807, 2.05) is 29.2 Å². The van der Waals surface area contributed by atoms with Gasteiger partial charge in [-0.2, -0.15) is 5.10 Å². The highest BCUT2D eigenvalue weighted by Crippen LogP contribution is 2.30. The lowest BCUT2D eigenvalue weighted by Crippen LogP contribution is -1.93. The Labute approximate surface area is 91.1 Å². The monoisotopic (exact) mass is 227 g/mol. The number of nitrogens with zero attached hydrogens (tertiary/aromatic N) is 2. The highest BCUT2D eigenvalue weighted by Gasteiger charge is 2.09. The number of hydrogen-bond acceptors (Lipinski definition) is 3. The van der Waals surface area contributed by atoms with Crippen molar-refractivity contribution in [3.05, 3.63) is 22.0 Å². The van der Waals surface area contributed by atoms with Crippen LogP contribution in [0.3, 0.4) is 0 Å². The van der Waals surface area contributed by atoms with Crippen LogP contribution in [0.25, 0.3) is 11.3 Å². The Morgan fingerprint density at radius 1 is 1.64 bits per heavy atom. The summed E-state index contributed by atoms with van der Waals surface area (Å²) in [6.45, 7) is 2.85. The predicted octanol–water partition coefficient (Wildman–Crippen LogP) is 2.87. The lowest BCUT2D eigenvalue weighted by atomic mass is 10.2. The van der Waals surface area contributed by atoms with Gasteiger partial charge < -0.3 is 5.73 Å². The number of aryl methyl sites for hydroxylation is 1. The molecule has 0 aliphatic rings. The summed E-state index contributed by atoms with van der Waals surface area (Å²) in [7, 11) is 0. The predicted molar refractivity (Wildman–Crippen MR) is 60.6 cm³/mol. The number of aromatic nitrogens is 2. The highest BCUT2D eigenvalue weighted by atomic mass is 35.5. The minimum Gasteiger partial charge on any atom is -0.396 e. The number of nitrogens with two attached hydrogens (primary N) is 1. The molecule has 5 heteroatoms. The molecule has 2 aromatic heterocycles. The van der Waals surface area contributed by atoms with Crippen molar-refractivity contribution in [2.45, 2.75) is 13.5 Å². The van der Waals surface area contributed by atoms with E-state index >= 15 is 0 Å². The molecule has 2 aromatic rings. The van der Waals surface area contributed by atoms with Gasteiger partial charge in [0.1, 0.15) is 5.69 Å². The molecule has 0 radical (unpaired) electrons. The SMILES string of the molecule is CCn1cc(N)c(-c2csc(Cl)c2)n1. The number of thiophene rings is 1. The second kappa shape index (κ2) is 3.63. The van der Waals surface area contributed by atoms with Crippen molar-refractivity contribution < 1.29 is 0 Å². The standard InChI is InChI=1S/C9H10ClN3S/c1-2-13-4-7(11)9(12-13)6-3-8(10)14-5-6/h3-5H,2,11H2,1H3. The zero-order valence-corrected chi connectivity index (χ0v) is 9.27. The molecule has 0 saturated heterocycles. The van der Waals surface area contributed by atoms with Crippen molar-refractivity contribution in [1.29, 1.82) is 0 Å². The topological polar surface area (TPSA) is 43.8 Å². The van der Waals surface area contributed by atoms with Crippen LogP contribution in [-0.2, 0) is 6.54 Å². The molecule has 14 heavy (non-hydrogen) atoms. The summed E-state index contributed by atoms with van der Waals surface area (Å²) in [5, 5.41) is 6.31. The van der Waals surface area contributed by atoms with Crippen LogP contribution < -0.4 is 5.73 Å². The van der Waals surface area contributed by atoms with E-state index in [-0.39, 0.29) is 0 Å². The summed E-state index contributed by atoms with van der Waals surface area (Å²) in [4.78, 5) is 0. The summed E-state index contributed by atoms with van der Waals surface area (Å²) >= 11 is 7.33. The summed E-state index contributed by atoms with van der Waals surface area (Å²) in [5.41, 5.74) is 8.34. The van der Waals surface area contributed by atoms with Crippen molar-refractivity contribution in [3.63, 3.8) is 0 Å². The first-order valence-electron chi connectivity index (χ1n) is 4.28. The van der Waals surface area contributed by atoms with E-state index in [9.17, 15) is 0 Å². The quantitative estimate of drug-likeness (QED) is 0.858. The van der Waals surface area contributed by atoms with Gasteiger partial charge in [-0.15, -0.1) is 11.3 Å². The van der Waals surface area contributed by atoms with Gasteiger partial charge in [-0.3, -0.25) is 4.68 Å². The summed E-state index contributed by atoms with van der Waals surface area (Å²) in [5.74, 6) is 0. The van der Waals surface area contributed by atoms with Crippen LogP contribution in [0, 0.1) is 0 Å². The molecule has 2 rings (SSSR count). The van der Waals surface area contributed by atoms with Crippen LogP contribution in [0.15, 0.2) is 17.6 Å². The fraction of sp³-hybridized carbons (Fsp3) is 0.222. The third-order valence-electron chi connectivity index (χ3n) is 1.95. The maximum Gasteiger partial charge on any atom is 0.116 e. The molecule has 0 atom stereocenters. The molecule has 0 saturated carbocycles. The largest absolute Gasteiger partial charge is 0.396 e. The average molecular weight is 228 g/mol. The molecular weight excluding hydrogens is 218 g/mol. The first kappa shape index (κ1) is 9.55. The van der Waals surface area contributed by atoms with E-state index in [2.05, 4.69) is 5.10 Å². The molecule has 0 bridgehead atoms. The Balaban J connectivity index is 2.45. The third kappa shape index (κ3) is 1.63. The van der Waals surface area contributed by atoms with Crippen molar-refractivity contribution in [2.24, 2.45) is 0 Å². The van der Waals surface area contributed by atoms with Gasteiger partial charge in [-0.05, 0) is 13.0 Å². The van der Waals surface area contributed by atoms with Crippen LogP contribution in [0.1, 0.15) is 6.92 Å². The molecule has 0 fully saturated rings. The summed E-state index contributed by atoms with van der Waals surface area (Å²) < 4.78 is 2.57. The number of halogens is 1. The summed E-state index contributed by atoms with van der Waals surface area (Å²) in [6.07, 6.45) is 1.83. The van der Waals surface area contributed by atoms with Gasteiger partial charge in [0.25, 0.3) is 0 Å². The van der Waals surface area contributed by atoms with Gasteiger partial charge in [-0.1, -0.05) is 11.6 Å². The zero-order chi connectivity index (χ0) is 10.1. The maximum atomic E-state index is 5.85. The number of nitrogen functional groups attached to an aromatic ring is 1. The second-order valence-corrected chi connectivity index (χ2v) is 4.47. The van der Waals surface area contributed by atoms with Gasteiger partial charge in [0.2, 0.25) is 0 Å². The molecule has 0 aliphatic carbocycles. The van der Waals surface area contributed by atoms with E-state index < -0.39 is 0 Å². The van der Waals surface area contributed by atoms with Crippen LogP contribution in [0.5, 0.6) is 0 Å². The minimum absolute atomic E-state index is 0.696. The molecular formula is C9H10ClN3S. The summed E-state index contributed by atoms with van der Waals surface area (Å²) in [6, 6.07) is 1.88. The van der Waals surface area contributed by atoms with Crippen molar-refractivity contribution in [1.82, 2.24) is 9.78 Å². The second-order valence-electron chi connectivity index (χ2n) is 2.93. The Morgan fingerprint density at radius 2 is 2.43 bits per heavy atom. The molecule has 74 valence electrons. The van der Waals surface area contributed by atoms with Crippen LogP contribution in [0.4, 0.5) is 5.69 Å². The van der Waals surface area contributed by atoms with Gasteiger partial charge in [0.05, 0.1) is 10.0 Å². The first-order chi connectivity index (χ1) is 6.70. The molecule has 2 N–H and O–H groups in total. The van der Waals surface area contributed by atoms with E-state index in [1.54, 1.807) is 0 Å². The fourth-order valence-corrected chi connectivity index (χ4v) is 2.12. The van der Waals surface area contributed by atoms with E-state index in [1.165, 1.54) is 11.3 Å². The smallest absolute Gasteiger partial charge is 0.116 e. The lowest BCUT2D eigenvalue weighted by Gasteiger charge is -1.92. The van der Waals surface area contributed by atoms with Crippen LogP contribution in [-0.4, -0.2) is 9.78 Å². The van der Waals surface area contributed by atoms with Gasteiger partial charge >= 0.3 is 0 Å². The Hall–Kier alpha value is -1.00. The van der Waals surface area contributed by atoms with Crippen molar-refractivity contribution in [2.75, 3.05) is 5.73 Å². The number of anilines is 1. The van der Waals surface area contributed by atoms with Crippen molar-refractivity contribution >= 4 is 28.6 Å².